The van der Waals surface area contributed by atoms with Crippen molar-refractivity contribution in [1.82, 2.24) is 0 Å². The van der Waals surface area contributed by atoms with Crippen LogP contribution in [0.4, 0.5) is 11.4 Å². The van der Waals surface area contributed by atoms with E-state index in [4.69, 9.17) is 0 Å². The number of para-hydroxylation sites is 2. The Morgan fingerprint density at radius 3 is 2.11 bits per heavy atom. The maximum absolute atomic E-state index is 11.4. The van der Waals surface area contributed by atoms with Gasteiger partial charge in [-0.15, -0.1) is 0 Å². The van der Waals surface area contributed by atoms with E-state index in [-0.39, 0.29) is 17.2 Å². The summed E-state index contributed by atoms with van der Waals surface area (Å²) in [6.45, 7) is 14.6. The zero-order valence-corrected chi connectivity index (χ0v) is 17.5. The van der Waals surface area contributed by atoms with Crippen LogP contribution in [0.2, 0.25) is 0 Å². The Balaban J connectivity index is 0.000000200. The molecule has 148 valence electrons. The lowest BCUT2D eigenvalue weighted by atomic mass is 9.87. The van der Waals surface area contributed by atoms with Gasteiger partial charge in [-0.3, -0.25) is 9.59 Å². The monoisotopic (exact) mass is 378 g/mol. The van der Waals surface area contributed by atoms with E-state index >= 15 is 0 Å². The molecule has 0 aliphatic carbocycles. The van der Waals surface area contributed by atoms with Crippen LogP contribution in [0, 0.1) is 0 Å². The fourth-order valence-corrected chi connectivity index (χ4v) is 3.39. The quantitative estimate of drug-likeness (QED) is 0.709. The normalized spacial score (nSPS) is 13.8. The van der Waals surface area contributed by atoms with Crippen molar-refractivity contribution in [3.8, 4) is 0 Å². The number of carbonyl (C=O) groups excluding carboxylic acids is 2. The van der Waals surface area contributed by atoms with E-state index in [0.29, 0.717) is 6.54 Å². The summed E-state index contributed by atoms with van der Waals surface area (Å²) in [6, 6.07) is 17.8. The molecule has 1 aliphatic rings. The zero-order valence-electron chi connectivity index (χ0n) is 17.5. The SMILES string of the molecule is C=C(C)CN(C(C)=O)c1ccccc1.CC(=O)N1CC(C)(C)c2ccccc21. The van der Waals surface area contributed by atoms with E-state index in [9.17, 15) is 9.59 Å². The molecule has 0 unspecified atom stereocenters. The topological polar surface area (TPSA) is 40.6 Å². The molecule has 0 saturated heterocycles. The van der Waals surface area contributed by atoms with E-state index in [1.807, 2.05) is 60.4 Å². The summed E-state index contributed by atoms with van der Waals surface area (Å²) in [6.07, 6.45) is 0. The first kappa shape index (κ1) is 21.4. The molecule has 0 bridgehead atoms. The highest BCUT2D eigenvalue weighted by Gasteiger charge is 2.36. The number of amides is 2. The predicted molar refractivity (Wildman–Crippen MR) is 117 cm³/mol. The third kappa shape index (κ3) is 5.10. The van der Waals surface area contributed by atoms with Gasteiger partial charge >= 0.3 is 0 Å². The molecule has 0 fully saturated rings. The maximum Gasteiger partial charge on any atom is 0.224 e. The third-order valence-corrected chi connectivity index (χ3v) is 4.73. The van der Waals surface area contributed by atoms with Gasteiger partial charge in [-0.2, -0.15) is 0 Å². The fraction of sp³-hybridized carbons (Fsp3) is 0.333. The van der Waals surface area contributed by atoms with Crippen LogP contribution in [0.3, 0.4) is 0 Å². The first-order valence-corrected chi connectivity index (χ1v) is 9.48. The van der Waals surface area contributed by atoms with Crippen LogP contribution in [-0.2, 0) is 15.0 Å². The third-order valence-electron chi connectivity index (χ3n) is 4.73. The molecule has 0 N–H and O–H groups in total. The van der Waals surface area contributed by atoms with Gasteiger partial charge in [0.05, 0.1) is 0 Å². The average Bonchev–Trinajstić information content (AvgIpc) is 2.93. The number of anilines is 2. The summed E-state index contributed by atoms with van der Waals surface area (Å²) in [5, 5.41) is 0. The molecule has 4 heteroatoms. The molecule has 28 heavy (non-hydrogen) atoms. The van der Waals surface area contributed by atoms with Crippen molar-refractivity contribution >= 4 is 23.2 Å². The number of benzene rings is 2. The molecule has 0 saturated carbocycles. The molecule has 0 aromatic heterocycles. The summed E-state index contributed by atoms with van der Waals surface area (Å²) >= 11 is 0. The van der Waals surface area contributed by atoms with Gasteiger partial charge in [-0.25, -0.2) is 0 Å². The summed E-state index contributed by atoms with van der Waals surface area (Å²) in [5.74, 6) is 0.169. The second kappa shape index (κ2) is 8.87. The van der Waals surface area contributed by atoms with E-state index in [1.165, 1.54) is 5.56 Å². The summed E-state index contributed by atoms with van der Waals surface area (Å²) < 4.78 is 0. The van der Waals surface area contributed by atoms with Gasteiger partial charge in [0.15, 0.2) is 0 Å². The molecule has 4 nitrogen and oxygen atoms in total. The Bertz CT molecular complexity index is 856. The lowest BCUT2D eigenvalue weighted by Crippen LogP contribution is -2.31. The van der Waals surface area contributed by atoms with E-state index in [0.717, 1.165) is 23.5 Å². The Kier molecular flexibility index (Phi) is 6.79. The van der Waals surface area contributed by atoms with Gasteiger partial charge in [0, 0.05) is 43.7 Å². The molecule has 2 aromatic rings. The van der Waals surface area contributed by atoms with Gasteiger partial charge in [0.25, 0.3) is 0 Å². The molecule has 1 aliphatic heterocycles. The van der Waals surface area contributed by atoms with Crippen LogP contribution < -0.4 is 9.80 Å². The smallest absolute Gasteiger partial charge is 0.224 e. The Hall–Kier alpha value is -2.88. The number of rotatable bonds is 3. The summed E-state index contributed by atoms with van der Waals surface area (Å²) in [4.78, 5) is 26.4. The molecule has 2 aromatic carbocycles. The number of hydrogen-bond acceptors (Lipinski definition) is 2. The minimum Gasteiger partial charge on any atom is -0.311 e. The zero-order chi connectivity index (χ0) is 20.9. The number of nitrogens with zero attached hydrogens (tertiary/aromatic N) is 2. The highest BCUT2D eigenvalue weighted by atomic mass is 16.2. The predicted octanol–water partition coefficient (Wildman–Crippen LogP) is 4.95. The molecule has 0 radical (unpaired) electrons. The first-order chi connectivity index (χ1) is 13.1. The van der Waals surface area contributed by atoms with Crippen LogP contribution in [0.15, 0.2) is 66.7 Å². The first-order valence-electron chi connectivity index (χ1n) is 9.48. The number of hydrogen-bond donors (Lipinski definition) is 0. The molecule has 1 heterocycles. The van der Waals surface area contributed by atoms with Crippen LogP contribution >= 0.6 is 0 Å². The van der Waals surface area contributed by atoms with Gasteiger partial charge in [-0.1, -0.05) is 62.4 Å². The van der Waals surface area contributed by atoms with E-state index in [1.54, 1.807) is 18.7 Å². The number of carbonyl (C=O) groups is 2. The lowest BCUT2D eigenvalue weighted by Gasteiger charge is -2.20. The van der Waals surface area contributed by atoms with Crippen LogP contribution in [0.1, 0.15) is 40.2 Å². The highest BCUT2D eigenvalue weighted by Crippen LogP contribution is 2.39. The van der Waals surface area contributed by atoms with Gasteiger partial charge in [0.2, 0.25) is 11.8 Å². The maximum atomic E-state index is 11.4. The Morgan fingerprint density at radius 1 is 1.00 bits per heavy atom. The van der Waals surface area contributed by atoms with Crippen molar-refractivity contribution in [3.63, 3.8) is 0 Å². The number of fused-ring (bicyclic) bond motifs is 1. The van der Waals surface area contributed by atoms with Gasteiger partial charge in [-0.05, 0) is 30.7 Å². The van der Waals surface area contributed by atoms with Crippen molar-refractivity contribution in [3.05, 3.63) is 72.3 Å². The van der Waals surface area contributed by atoms with Crippen LogP contribution in [0.5, 0.6) is 0 Å². The Labute approximate surface area is 168 Å². The average molecular weight is 379 g/mol. The minimum absolute atomic E-state index is 0.0409. The standard InChI is InChI=1S/2C12H15NO/c1-9(14)13-8-12(2,3)10-6-4-5-7-11(10)13;1-10(2)9-13(11(3)14)12-7-5-4-6-8-12/h4-7H,8H2,1-3H3;4-8H,1,9H2,2-3H3. The fourth-order valence-electron chi connectivity index (χ4n) is 3.39. The highest BCUT2D eigenvalue weighted by molar-refractivity contribution is 5.94. The minimum atomic E-state index is 0.0409. The molecule has 2 amide bonds. The van der Waals surface area contributed by atoms with Crippen molar-refractivity contribution < 1.29 is 9.59 Å². The molecule has 3 rings (SSSR count). The second-order valence-corrected chi connectivity index (χ2v) is 7.90. The molecule has 0 atom stereocenters. The van der Waals surface area contributed by atoms with E-state index < -0.39 is 0 Å². The van der Waals surface area contributed by atoms with Crippen molar-refractivity contribution in [2.24, 2.45) is 0 Å². The summed E-state index contributed by atoms with van der Waals surface area (Å²) in [5.41, 5.74) is 4.33. The summed E-state index contributed by atoms with van der Waals surface area (Å²) in [7, 11) is 0. The largest absolute Gasteiger partial charge is 0.311 e. The van der Waals surface area contributed by atoms with Crippen molar-refractivity contribution in [1.29, 1.82) is 0 Å². The molecule has 0 spiro atoms. The van der Waals surface area contributed by atoms with Crippen molar-refractivity contribution in [2.45, 2.75) is 40.0 Å². The van der Waals surface area contributed by atoms with Gasteiger partial charge < -0.3 is 9.80 Å². The molecular weight excluding hydrogens is 348 g/mol. The Morgan fingerprint density at radius 2 is 1.57 bits per heavy atom. The van der Waals surface area contributed by atoms with E-state index in [2.05, 4.69) is 26.5 Å². The molecular formula is C24H30N2O2. The van der Waals surface area contributed by atoms with Gasteiger partial charge in [0.1, 0.15) is 0 Å². The second-order valence-electron chi connectivity index (χ2n) is 7.90. The lowest BCUT2D eigenvalue weighted by molar-refractivity contribution is -0.117. The van der Waals surface area contributed by atoms with Crippen LogP contribution in [-0.4, -0.2) is 24.9 Å². The van der Waals surface area contributed by atoms with Crippen LogP contribution in [0.25, 0.3) is 0 Å². The van der Waals surface area contributed by atoms with Crippen molar-refractivity contribution in [2.75, 3.05) is 22.9 Å².